The molecule has 1 saturated heterocycles. The first kappa shape index (κ1) is 21.6. The molecule has 1 aliphatic heterocycles. The molecule has 31 heavy (non-hydrogen) atoms. The predicted octanol–water partition coefficient (Wildman–Crippen LogP) is 3.84. The summed E-state index contributed by atoms with van der Waals surface area (Å²) in [5, 5.41) is 0.682. The van der Waals surface area contributed by atoms with Gasteiger partial charge in [0.2, 0.25) is 0 Å². The molecule has 1 aliphatic rings. The van der Waals surface area contributed by atoms with Gasteiger partial charge in [-0.1, -0.05) is 42.8 Å². The first-order valence-electron chi connectivity index (χ1n) is 10.1. The molecule has 8 heteroatoms. The highest BCUT2D eigenvalue weighted by Crippen LogP contribution is 2.24. The Balaban J connectivity index is 1.71. The number of carbonyl (C=O) groups excluding carboxylic acids is 1. The molecule has 2 aromatic carbocycles. The SMILES string of the molecule is CCc1ccc(CN(C(=O)c2cc(=O)c3cc(Cl)ccc3o2)[C@@H]2CCS(=O)(=O)C2)cc1. The maximum atomic E-state index is 13.4. The van der Waals surface area contributed by atoms with E-state index in [2.05, 4.69) is 6.92 Å². The van der Waals surface area contributed by atoms with Gasteiger partial charge >= 0.3 is 0 Å². The van der Waals surface area contributed by atoms with Gasteiger partial charge < -0.3 is 9.32 Å². The Labute approximate surface area is 185 Å². The summed E-state index contributed by atoms with van der Waals surface area (Å²) in [5.74, 6) is -0.680. The molecule has 0 spiro atoms. The topological polar surface area (TPSA) is 84.7 Å². The van der Waals surface area contributed by atoms with Crippen LogP contribution in [0.15, 0.2) is 57.7 Å². The van der Waals surface area contributed by atoms with Crippen LogP contribution in [0.5, 0.6) is 0 Å². The summed E-state index contributed by atoms with van der Waals surface area (Å²) in [7, 11) is -3.21. The fourth-order valence-electron chi connectivity index (χ4n) is 3.84. The van der Waals surface area contributed by atoms with E-state index in [4.69, 9.17) is 16.0 Å². The maximum absolute atomic E-state index is 13.4. The normalized spacial score (nSPS) is 17.7. The number of hydrogen-bond donors (Lipinski definition) is 0. The minimum Gasteiger partial charge on any atom is -0.451 e. The summed E-state index contributed by atoms with van der Waals surface area (Å²) in [6.07, 6.45) is 1.25. The third-order valence-electron chi connectivity index (χ3n) is 5.59. The number of sulfone groups is 1. The third-order valence-corrected chi connectivity index (χ3v) is 7.58. The molecule has 2 heterocycles. The molecule has 1 atom stereocenters. The Hall–Kier alpha value is -2.64. The standard InChI is InChI=1S/C23H22ClNO5S/c1-2-15-3-5-16(6-4-15)13-25(18-9-10-31(28,29)14-18)23(27)22-12-20(26)19-11-17(24)7-8-21(19)30-22/h3-8,11-12,18H,2,9-10,13-14H2,1H3/t18-/m1/s1. The van der Waals surface area contributed by atoms with Gasteiger partial charge in [0, 0.05) is 23.7 Å². The molecule has 3 aromatic rings. The largest absolute Gasteiger partial charge is 0.451 e. The Kier molecular flexibility index (Phi) is 5.90. The predicted molar refractivity (Wildman–Crippen MR) is 120 cm³/mol. The van der Waals surface area contributed by atoms with Crippen LogP contribution in [0, 0.1) is 0 Å². The van der Waals surface area contributed by atoms with Crippen molar-refractivity contribution in [3.8, 4) is 0 Å². The van der Waals surface area contributed by atoms with Crippen molar-refractivity contribution < 1.29 is 17.6 Å². The summed E-state index contributed by atoms with van der Waals surface area (Å²) in [5.41, 5.74) is 1.93. The van der Waals surface area contributed by atoms with E-state index in [1.807, 2.05) is 24.3 Å². The molecule has 0 aliphatic carbocycles. The lowest BCUT2D eigenvalue weighted by Crippen LogP contribution is -2.40. The van der Waals surface area contributed by atoms with Gasteiger partial charge in [-0.2, -0.15) is 0 Å². The molecule has 1 aromatic heterocycles. The fraction of sp³-hybridized carbons (Fsp3) is 0.304. The average Bonchev–Trinajstić information content (AvgIpc) is 3.11. The smallest absolute Gasteiger partial charge is 0.290 e. The lowest BCUT2D eigenvalue weighted by molar-refractivity contribution is 0.0648. The van der Waals surface area contributed by atoms with Gasteiger partial charge in [0.05, 0.1) is 16.9 Å². The van der Waals surface area contributed by atoms with Crippen molar-refractivity contribution in [3.63, 3.8) is 0 Å². The van der Waals surface area contributed by atoms with E-state index in [9.17, 15) is 18.0 Å². The van der Waals surface area contributed by atoms with Crippen molar-refractivity contribution in [2.45, 2.75) is 32.4 Å². The minimum absolute atomic E-state index is 0.0381. The number of nitrogens with zero attached hydrogens (tertiary/aromatic N) is 1. The average molecular weight is 460 g/mol. The molecule has 4 rings (SSSR count). The molecule has 1 amide bonds. The molecular formula is C23H22ClNO5S. The molecule has 0 bridgehead atoms. The summed E-state index contributed by atoms with van der Waals surface area (Å²) in [6.45, 7) is 2.29. The van der Waals surface area contributed by atoms with Crippen LogP contribution >= 0.6 is 11.6 Å². The monoisotopic (exact) mass is 459 g/mol. The van der Waals surface area contributed by atoms with Crippen LogP contribution in [0.3, 0.4) is 0 Å². The number of halogens is 1. The Morgan fingerprint density at radius 1 is 1.13 bits per heavy atom. The van der Waals surface area contributed by atoms with Crippen LogP contribution in [-0.2, 0) is 22.8 Å². The highest BCUT2D eigenvalue weighted by molar-refractivity contribution is 7.91. The quantitative estimate of drug-likeness (QED) is 0.578. The molecule has 0 saturated carbocycles. The zero-order chi connectivity index (χ0) is 22.2. The summed E-state index contributed by atoms with van der Waals surface area (Å²) in [4.78, 5) is 27.5. The van der Waals surface area contributed by atoms with E-state index in [1.54, 1.807) is 12.1 Å². The first-order chi connectivity index (χ1) is 14.8. The lowest BCUT2D eigenvalue weighted by atomic mass is 10.1. The maximum Gasteiger partial charge on any atom is 0.290 e. The van der Waals surface area contributed by atoms with Crippen LogP contribution in [-0.4, -0.2) is 36.8 Å². The summed E-state index contributed by atoms with van der Waals surface area (Å²) in [6, 6.07) is 13.1. The first-order valence-corrected chi connectivity index (χ1v) is 12.3. The number of aryl methyl sites for hydroxylation is 1. The van der Waals surface area contributed by atoms with Crippen LogP contribution in [0.2, 0.25) is 5.02 Å². The van der Waals surface area contributed by atoms with Gasteiger partial charge in [-0.05, 0) is 42.2 Å². The molecule has 1 fully saturated rings. The van der Waals surface area contributed by atoms with Crippen LogP contribution < -0.4 is 5.43 Å². The Bertz CT molecular complexity index is 1300. The van der Waals surface area contributed by atoms with E-state index < -0.39 is 21.8 Å². The molecular weight excluding hydrogens is 438 g/mol. The Morgan fingerprint density at radius 2 is 1.84 bits per heavy atom. The number of amides is 1. The molecule has 0 N–H and O–H groups in total. The Morgan fingerprint density at radius 3 is 2.48 bits per heavy atom. The molecule has 162 valence electrons. The highest BCUT2D eigenvalue weighted by Gasteiger charge is 2.36. The second kappa shape index (κ2) is 8.48. The fourth-order valence-corrected chi connectivity index (χ4v) is 5.74. The molecule has 6 nitrogen and oxygen atoms in total. The molecule has 0 unspecified atom stereocenters. The third kappa shape index (κ3) is 4.67. The highest BCUT2D eigenvalue weighted by atomic mass is 35.5. The van der Waals surface area contributed by atoms with Crippen molar-refractivity contribution in [1.29, 1.82) is 0 Å². The van der Waals surface area contributed by atoms with Crippen molar-refractivity contribution in [1.82, 2.24) is 4.90 Å². The van der Waals surface area contributed by atoms with Crippen molar-refractivity contribution in [2.24, 2.45) is 0 Å². The van der Waals surface area contributed by atoms with E-state index >= 15 is 0 Å². The van der Waals surface area contributed by atoms with Crippen molar-refractivity contribution in [3.05, 3.63) is 80.7 Å². The van der Waals surface area contributed by atoms with E-state index in [1.165, 1.54) is 16.5 Å². The van der Waals surface area contributed by atoms with Gasteiger partial charge in [0.15, 0.2) is 21.0 Å². The summed E-state index contributed by atoms with van der Waals surface area (Å²) >= 11 is 5.96. The number of benzene rings is 2. The van der Waals surface area contributed by atoms with Gasteiger partial charge in [-0.3, -0.25) is 9.59 Å². The van der Waals surface area contributed by atoms with Crippen LogP contribution in [0.25, 0.3) is 11.0 Å². The number of rotatable bonds is 5. The number of carbonyl (C=O) groups is 1. The minimum atomic E-state index is -3.21. The van der Waals surface area contributed by atoms with Crippen LogP contribution in [0.4, 0.5) is 0 Å². The van der Waals surface area contributed by atoms with Gasteiger partial charge in [0.1, 0.15) is 5.58 Å². The number of hydrogen-bond acceptors (Lipinski definition) is 5. The van der Waals surface area contributed by atoms with E-state index in [-0.39, 0.29) is 40.2 Å². The summed E-state index contributed by atoms with van der Waals surface area (Å²) < 4.78 is 29.9. The molecule has 0 radical (unpaired) electrons. The van der Waals surface area contributed by atoms with Gasteiger partial charge in [-0.15, -0.1) is 0 Å². The van der Waals surface area contributed by atoms with Crippen molar-refractivity contribution >= 4 is 38.3 Å². The van der Waals surface area contributed by atoms with E-state index in [0.29, 0.717) is 11.4 Å². The zero-order valence-corrected chi connectivity index (χ0v) is 18.6. The zero-order valence-electron chi connectivity index (χ0n) is 17.0. The lowest BCUT2D eigenvalue weighted by Gasteiger charge is -2.28. The van der Waals surface area contributed by atoms with Crippen LogP contribution in [0.1, 0.15) is 35.0 Å². The van der Waals surface area contributed by atoms with Crippen molar-refractivity contribution in [2.75, 3.05) is 11.5 Å². The second-order valence-corrected chi connectivity index (χ2v) is 10.4. The number of fused-ring (bicyclic) bond motifs is 1. The van der Waals surface area contributed by atoms with Gasteiger partial charge in [0.25, 0.3) is 5.91 Å². The second-order valence-electron chi connectivity index (χ2n) is 7.78. The van der Waals surface area contributed by atoms with E-state index in [0.717, 1.165) is 18.1 Å². The van der Waals surface area contributed by atoms with Gasteiger partial charge in [-0.25, -0.2) is 8.42 Å².